The lowest BCUT2D eigenvalue weighted by molar-refractivity contribution is -0.129. The fourth-order valence-corrected chi connectivity index (χ4v) is 4.30. The number of anilines is 1. The van der Waals surface area contributed by atoms with Crippen LogP contribution < -0.4 is 15.9 Å². The van der Waals surface area contributed by atoms with E-state index >= 15 is 0 Å². The summed E-state index contributed by atoms with van der Waals surface area (Å²) in [6.07, 6.45) is 0. The lowest BCUT2D eigenvalue weighted by Gasteiger charge is -2.34. The number of piperazine rings is 1. The summed E-state index contributed by atoms with van der Waals surface area (Å²) < 4.78 is 6.84. The summed E-state index contributed by atoms with van der Waals surface area (Å²) in [5, 5.41) is 11.6. The SMILES string of the molecule is CCOc1ccc(-c2nnc(SCC(=O)N3CCN(C(=O)Nc4ccccc4)CC3)n2N)cc1. The molecular weight excluding hydrogens is 454 g/mol. The third kappa shape index (κ3) is 5.60. The zero-order valence-corrected chi connectivity index (χ0v) is 19.7. The number of hydrogen-bond donors (Lipinski definition) is 2. The van der Waals surface area contributed by atoms with Crippen molar-refractivity contribution in [3.05, 3.63) is 54.6 Å². The first kappa shape index (κ1) is 23.4. The molecule has 178 valence electrons. The fourth-order valence-electron chi connectivity index (χ4n) is 3.54. The number of nitrogens with one attached hydrogen (secondary N) is 1. The summed E-state index contributed by atoms with van der Waals surface area (Å²) in [6, 6.07) is 16.6. The van der Waals surface area contributed by atoms with Gasteiger partial charge in [0.2, 0.25) is 11.1 Å². The van der Waals surface area contributed by atoms with Crippen molar-refractivity contribution in [3.8, 4) is 17.1 Å². The quantitative estimate of drug-likeness (QED) is 0.393. The van der Waals surface area contributed by atoms with Gasteiger partial charge < -0.3 is 25.7 Å². The normalized spacial score (nSPS) is 13.6. The van der Waals surface area contributed by atoms with Crippen molar-refractivity contribution in [2.45, 2.75) is 12.1 Å². The number of hydrogen-bond acceptors (Lipinski definition) is 7. The van der Waals surface area contributed by atoms with Gasteiger partial charge in [-0.3, -0.25) is 4.79 Å². The Morgan fingerprint density at radius 3 is 2.35 bits per heavy atom. The van der Waals surface area contributed by atoms with Gasteiger partial charge in [-0.1, -0.05) is 30.0 Å². The fraction of sp³-hybridized carbons (Fsp3) is 0.304. The van der Waals surface area contributed by atoms with E-state index in [0.717, 1.165) is 17.0 Å². The maximum absolute atomic E-state index is 12.7. The molecular formula is C23H27N7O3S. The first-order valence-electron chi connectivity index (χ1n) is 11.0. The molecule has 2 aromatic carbocycles. The van der Waals surface area contributed by atoms with Crippen molar-refractivity contribution in [1.29, 1.82) is 0 Å². The summed E-state index contributed by atoms with van der Waals surface area (Å²) in [5.41, 5.74) is 1.56. The molecule has 34 heavy (non-hydrogen) atoms. The smallest absolute Gasteiger partial charge is 0.321 e. The number of thioether (sulfide) groups is 1. The number of amides is 3. The van der Waals surface area contributed by atoms with Gasteiger partial charge in [-0.15, -0.1) is 10.2 Å². The number of urea groups is 1. The van der Waals surface area contributed by atoms with Crippen LogP contribution in [-0.2, 0) is 4.79 Å². The molecule has 2 heterocycles. The van der Waals surface area contributed by atoms with Crippen LogP contribution in [0.15, 0.2) is 59.8 Å². The molecule has 3 N–H and O–H groups in total. The Morgan fingerprint density at radius 1 is 1.00 bits per heavy atom. The number of carbonyl (C=O) groups is 2. The number of carbonyl (C=O) groups excluding carboxylic acids is 2. The Balaban J connectivity index is 1.26. The Bertz CT molecular complexity index is 1110. The first-order chi connectivity index (χ1) is 16.5. The van der Waals surface area contributed by atoms with Crippen molar-refractivity contribution in [3.63, 3.8) is 0 Å². The van der Waals surface area contributed by atoms with Crippen molar-refractivity contribution in [2.75, 3.05) is 49.7 Å². The number of aromatic nitrogens is 3. The highest BCUT2D eigenvalue weighted by molar-refractivity contribution is 7.99. The minimum atomic E-state index is -0.161. The van der Waals surface area contributed by atoms with E-state index in [0.29, 0.717) is 43.8 Å². The maximum Gasteiger partial charge on any atom is 0.321 e. The lowest BCUT2D eigenvalue weighted by Crippen LogP contribution is -2.52. The molecule has 1 aromatic heterocycles. The second kappa shape index (κ2) is 10.9. The van der Waals surface area contributed by atoms with Gasteiger partial charge in [0, 0.05) is 37.4 Å². The molecule has 4 rings (SSSR count). The third-order valence-corrected chi connectivity index (χ3v) is 6.29. The Hall–Kier alpha value is -3.73. The number of nitrogen functional groups attached to an aromatic ring is 1. The zero-order valence-electron chi connectivity index (χ0n) is 18.9. The Labute approximate surface area is 202 Å². The van der Waals surface area contributed by atoms with Crippen LogP contribution in [-0.4, -0.2) is 75.2 Å². The summed E-state index contributed by atoms with van der Waals surface area (Å²) in [5.74, 6) is 7.62. The van der Waals surface area contributed by atoms with E-state index < -0.39 is 0 Å². The first-order valence-corrected chi connectivity index (χ1v) is 12.0. The van der Waals surface area contributed by atoms with Crippen LogP contribution >= 0.6 is 11.8 Å². The summed E-state index contributed by atoms with van der Waals surface area (Å²) in [6.45, 7) is 4.44. The number of nitrogens with zero attached hydrogens (tertiary/aromatic N) is 5. The van der Waals surface area contributed by atoms with Crippen molar-refractivity contribution < 1.29 is 14.3 Å². The van der Waals surface area contributed by atoms with Crippen molar-refractivity contribution >= 4 is 29.4 Å². The van der Waals surface area contributed by atoms with Crippen LogP contribution in [0.2, 0.25) is 0 Å². The van der Waals surface area contributed by atoms with Crippen LogP contribution in [0.25, 0.3) is 11.4 Å². The molecule has 1 saturated heterocycles. The van der Waals surface area contributed by atoms with Gasteiger partial charge in [0.1, 0.15) is 5.75 Å². The molecule has 3 amide bonds. The molecule has 0 radical (unpaired) electrons. The van der Waals surface area contributed by atoms with E-state index in [1.54, 1.807) is 9.80 Å². The molecule has 10 nitrogen and oxygen atoms in total. The zero-order chi connectivity index (χ0) is 23.9. The average molecular weight is 482 g/mol. The Kier molecular flexibility index (Phi) is 7.53. The number of benzene rings is 2. The molecule has 1 fully saturated rings. The molecule has 0 bridgehead atoms. The lowest BCUT2D eigenvalue weighted by atomic mass is 10.2. The van der Waals surface area contributed by atoms with Crippen molar-refractivity contribution in [1.82, 2.24) is 24.7 Å². The molecule has 0 unspecified atom stereocenters. The number of ether oxygens (including phenoxy) is 1. The van der Waals surface area contributed by atoms with Gasteiger partial charge >= 0.3 is 6.03 Å². The summed E-state index contributed by atoms with van der Waals surface area (Å²) in [4.78, 5) is 28.6. The standard InChI is InChI=1S/C23H27N7O3S/c1-2-33-19-10-8-17(9-11-19)21-26-27-23(30(21)24)34-16-20(31)28-12-14-29(15-13-28)22(32)25-18-6-4-3-5-7-18/h3-11H,2,12-16,24H2,1H3,(H,25,32). The molecule has 1 aliphatic rings. The average Bonchev–Trinajstić information content (AvgIpc) is 3.24. The third-order valence-electron chi connectivity index (χ3n) is 5.36. The molecule has 0 atom stereocenters. The predicted molar refractivity (Wildman–Crippen MR) is 131 cm³/mol. The van der Waals surface area contributed by atoms with Gasteiger partial charge in [-0.2, -0.15) is 0 Å². The van der Waals surface area contributed by atoms with E-state index in [4.69, 9.17) is 10.6 Å². The van der Waals surface area contributed by atoms with Crippen LogP contribution in [0.1, 0.15) is 6.92 Å². The molecule has 1 aliphatic heterocycles. The van der Waals surface area contributed by atoms with Crippen molar-refractivity contribution in [2.24, 2.45) is 0 Å². The maximum atomic E-state index is 12.7. The second-order valence-corrected chi connectivity index (χ2v) is 8.53. The number of rotatable bonds is 7. The molecule has 0 aliphatic carbocycles. The van der Waals surface area contributed by atoms with Gasteiger partial charge in [-0.25, -0.2) is 9.47 Å². The second-order valence-electron chi connectivity index (χ2n) is 7.59. The highest BCUT2D eigenvalue weighted by Gasteiger charge is 2.25. The van der Waals surface area contributed by atoms with E-state index in [9.17, 15) is 9.59 Å². The monoisotopic (exact) mass is 481 g/mol. The van der Waals surface area contributed by atoms with Crippen LogP contribution in [0.4, 0.5) is 10.5 Å². The van der Waals surface area contributed by atoms with Gasteiger partial charge in [0.15, 0.2) is 5.82 Å². The highest BCUT2D eigenvalue weighted by Crippen LogP contribution is 2.24. The van der Waals surface area contributed by atoms with Crippen LogP contribution in [0.5, 0.6) is 5.75 Å². The number of para-hydroxylation sites is 1. The highest BCUT2D eigenvalue weighted by atomic mass is 32.2. The molecule has 0 saturated carbocycles. The van der Waals surface area contributed by atoms with Crippen LogP contribution in [0, 0.1) is 0 Å². The molecule has 0 spiro atoms. The Morgan fingerprint density at radius 2 is 1.68 bits per heavy atom. The van der Waals surface area contributed by atoms with E-state index in [1.807, 2.05) is 61.5 Å². The molecule has 11 heteroatoms. The minimum Gasteiger partial charge on any atom is -0.494 e. The summed E-state index contributed by atoms with van der Waals surface area (Å²) in [7, 11) is 0. The largest absolute Gasteiger partial charge is 0.494 e. The topological polar surface area (TPSA) is 119 Å². The van der Waals surface area contributed by atoms with Gasteiger partial charge in [-0.05, 0) is 43.3 Å². The van der Waals surface area contributed by atoms with E-state index in [-0.39, 0.29) is 17.7 Å². The van der Waals surface area contributed by atoms with E-state index in [2.05, 4.69) is 15.5 Å². The minimum absolute atomic E-state index is 0.0289. The van der Waals surface area contributed by atoms with E-state index in [1.165, 1.54) is 16.4 Å². The molecule has 3 aromatic rings. The van der Waals surface area contributed by atoms with Gasteiger partial charge in [0.25, 0.3) is 0 Å². The van der Waals surface area contributed by atoms with Gasteiger partial charge in [0.05, 0.1) is 12.4 Å². The predicted octanol–water partition coefficient (Wildman–Crippen LogP) is 2.53. The number of nitrogens with two attached hydrogens (primary N) is 1. The summed E-state index contributed by atoms with van der Waals surface area (Å²) >= 11 is 1.24. The van der Waals surface area contributed by atoms with Crippen LogP contribution in [0.3, 0.4) is 0 Å².